The molecule has 1 atom stereocenters. The van der Waals surface area contributed by atoms with Crippen LogP contribution in [0.5, 0.6) is 0 Å². The van der Waals surface area contributed by atoms with Gasteiger partial charge >= 0.3 is 12.3 Å². The van der Waals surface area contributed by atoms with Gasteiger partial charge in [-0.3, -0.25) is 14.5 Å². The molecule has 3 N–H and O–H groups in total. The van der Waals surface area contributed by atoms with E-state index in [0.717, 1.165) is 17.0 Å². The van der Waals surface area contributed by atoms with E-state index < -0.39 is 35.7 Å². The number of halogens is 3. The van der Waals surface area contributed by atoms with Gasteiger partial charge in [-0.05, 0) is 17.7 Å². The highest BCUT2D eigenvalue weighted by molar-refractivity contribution is 5.88. The molecule has 1 saturated heterocycles. The van der Waals surface area contributed by atoms with Gasteiger partial charge in [0.2, 0.25) is 11.8 Å². The van der Waals surface area contributed by atoms with Crippen LogP contribution in [0.25, 0.3) is 0 Å². The lowest BCUT2D eigenvalue weighted by atomic mass is 10.1. The zero-order chi connectivity index (χ0) is 18.6. The molecule has 0 unspecified atom stereocenters. The van der Waals surface area contributed by atoms with Crippen molar-refractivity contribution in [3.63, 3.8) is 0 Å². The smallest absolute Gasteiger partial charge is 0.416 e. The molecular formula is C15H16F3N3O4. The molecule has 1 aliphatic heterocycles. The van der Waals surface area contributed by atoms with Gasteiger partial charge in [0.25, 0.3) is 0 Å². The maximum absolute atomic E-state index is 12.6. The lowest BCUT2D eigenvalue weighted by Crippen LogP contribution is -2.46. The molecule has 1 heterocycles. The summed E-state index contributed by atoms with van der Waals surface area (Å²) in [6, 6.07) is 3.34. The Balaban J connectivity index is 2.01. The van der Waals surface area contributed by atoms with Gasteiger partial charge in [0, 0.05) is 13.0 Å². The lowest BCUT2D eigenvalue weighted by molar-refractivity contribution is -0.137. The van der Waals surface area contributed by atoms with Crippen molar-refractivity contribution in [2.45, 2.75) is 25.2 Å². The molecule has 0 spiro atoms. The summed E-state index contributed by atoms with van der Waals surface area (Å²) in [5.41, 5.74) is 4.58. The van der Waals surface area contributed by atoms with Crippen LogP contribution in [-0.4, -0.2) is 42.0 Å². The van der Waals surface area contributed by atoms with E-state index >= 15 is 0 Å². The molecule has 0 aliphatic carbocycles. The molecule has 136 valence electrons. The largest absolute Gasteiger partial charge is 0.447 e. The van der Waals surface area contributed by atoms with E-state index in [2.05, 4.69) is 5.32 Å². The molecule has 25 heavy (non-hydrogen) atoms. The summed E-state index contributed by atoms with van der Waals surface area (Å²) in [7, 11) is 0. The van der Waals surface area contributed by atoms with Crippen LogP contribution in [0.15, 0.2) is 24.3 Å². The number of hydrogen-bond acceptors (Lipinski definition) is 4. The number of nitrogens with one attached hydrogen (secondary N) is 1. The number of nitrogens with zero attached hydrogens (tertiary/aromatic N) is 1. The molecule has 1 aromatic rings. The molecule has 10 heteroatoms. The molecule has 2 rings (SSSR count). The summed E-state index contributed by atoms with van der Waals surface area (Å²) in [5.74, 6) is -1.11. The van der Waals surface area contributed by atoms with Crippen molar-refractivity contribution in [2.75, 3.05) is 13.2 Å². The Labute approximate surface area is 140 Å². The molecule has 0 radical (unpaired) electrons. The molecule has 3 amide bonds. The SMILES string of the molecule is NC(=O)CCNC(=O)[C@@H]1COC(=O)N1Cc1ccc(C(F)(F)F)cc1. The summed E-state index contributed by atoms with van der Waals surface area (Å²) in [6.07, 6.45) is -5.24. The summed E-state index contributed by atoms with van der Waals surface area (Å²) >= 11 is 0. The fourth-order valence-corrected chi connectivity index (χ4v) is 2.26. The monoisotopic (exact) mass is 359 g/mol. The van der Waals surface area contributed by atoms with Gasteiger partial charge in [-0.15, -0.1) is 0 Å². The molecule has 1 aromatic carbocycles. The number of amides is 3. The van der Waals surface area contributed by atoms with Crippen LogP contribution in [0.4, 0.5) is 18.0 Å². The number of carbonyl (C=O) groups excluding carboxylic acids is 3. The number of alkyl halides is 3. The summed E-state index contributed by atoms with van der Waals surface area (Å²) in [6.45, 7) is -0.236. The number of carbonyl (C=O) groups is 3. The van der Waals surface area contributed by atoms with Crippen molar-refractivity contribution >= 4 is 17.9 Å². The first-order valence-electron chi connectivity index (χ1n) is 7.34. The van der Waals surface area contributed by atoms with E-state index in [0.29, 0.717) is 5.56 Å². The Morgan fingerprint density at radius 2 is 1.92 bits per heavy atom. The average Bonchev–Trinajstić information content (AvgIpc) is 2.87. The highest BCUT2D eigenvalue weighted by atomic mass is 19.4. The molecule has 7 nitrogen and oxygen atoms in total. The van der Waals surface area contributed by atoms with E-state index in [1.165, 1.54) is 12.1 Å². The summed E-state index contributed by atoms with van der Waals surface area (Å²) in [4.78, 5) is 35.6. The number of nitrogens with two attached hydrogens (primary N) is 1. The third-order valence-corrected chi connectivity index (χ3v) is 3.58. The third-order valence-electron chi connectivity index (χ3n) is 3.58. The van der Waals surface area contributed by atoms with Gasteiger partial charge < -0.3 is 15.8 Å². The van der Waals surface area contributed by atoms with E-state index in [1.54, 1.807) is 0 Å². The second-order valence-corrected chi connectivity index (χ2v) is 5.42. The Bertz CT molecular complexity index is 661. The standard InChI is InChI=1S/C15H16F3N3O4/c16-15(17,18)10-3-1-9(2-4-10)7-21-11(8-25-14(21)24)13(23)20-6-5-12(19)22/h1-4,11H,5-8H2,(H2,19,22)(H,20,23)/t11-/m0/s1. The first-order chi connectivity index (χ1) is 11.7. The van der Waals surface area contributed by atoms with Gasteiger partial charge in [-0.2, -0.15) is 13.2 Å². The molecular weight excluding hydrogens is 343 g/mol. The predicted octanol–water partition coefficient (Wildman–Crippen LogP) is 1.02. The van der Waals surface area contributed by atoms with Crippen LogP contribution in [0.2, 0.25) is 0 Å². The predicted molar refractivity (Wildman–Crippen MR) is 78.9 cm³/mol. The van der Waals surface area contributed by atoms with Crippen molar-refractivity contribution in [1.82, 2.24) is 10.2 Å². The van der Waals surface area contributed by atoms with E-state index in [4.69, 9.17) is 10.5 Å². The third kappa shape index (κ3) is 4.85. The molecule has 0 aromatic heterocycles. The number of cyclic esters (lactones) is 1. The minimum Gasteiger partial charge on any atom is -0.447 e. The molecule has 0 saturated carbocycles. The van der Waals surface area contributed by atoms with Crippen LogP contribution in [0, 0.1) is 0 Å². The number of primary amides is 1. The maximum atomic E-state index is 12.6. The fourth-order valence-electron chi connectivity index (χ4n) is 2.26. The zero-order valence-corrected chi connectivity index (χ0v) is 13.0. The second-order valence-electron chi connectivity index (χ2n) is 5.42. The van der Waals surface area contributed by atoms with Crippen LogP contribution in [-0.2, 0) is 27.0 Å². The van der Waals surface area contributed by atoms with Gasteiger partial charge in [0.15, 0.2) is 0 Å². The van der Waals surface area contributed by atoms with Gasteiger partial charge in [-0.25, -0.2) is 4.79 Å². The number of rotatable bonds is 6. The normalized spacial score (nSPS) is 17.3. The van der Waals surface area contributed by atoms with Gasteiger partial charge in [-0.1, -0.05) is 12.1 Å². The van der Waals surface area contributed by atoms with E-state index in [1.807, 2.05) is 0 Å². The Morgan fingerprint density at radius 1 is 1.28 bits per heavy atom. The summed E-state index contributed by atoms with van der Waals surface area (Å²) in [5, 5.41) is 2.46. The molecule has 0 bridgehead atoms. The first-order valence-corrected chi connectivity index (χ1v) is 7.34. The van der Waals surface area contributed by atoms with E-state index in [9.17, 15) is 27.6 Å². The zero-order valence-electron chi connectivity index (χ0n) is 13.0. The number of hydrogen-bond donors (Lipinski definition) is 2. The number of benzene rings is 1. The lowest BCUT2D eigenvalue weighted by Gasteiger charge is -2.21. The van der Waals surface area contributed by atoms with Crippen molar-refractivity contribution in [3.05, 3.63) is 35.4 Å². The fraction of sp³-hybridized carbons (Fsp3) is 0.400. The second kappa shape index (κ2) is 7.41. The number of ether oxygens (including phenoxy) is 1. The van der Waals surface area contributed by atoms with Crippen molar-refractivity contribution in [2.24, 2.45) is 5.73 Å². The first kappa shape index (κ1) is 18.6. The van der Waals surface area contributed by atoms with Crippen molar-refractivity contribution < 1.29 is 32.3 Å². The van der Waals surface area contributed by atoms with Gasteiger partial charge in [0.1, 0.15) is 12.6 Å². The highest BCUT2D eigenvalue weighted by Gasteiger charge is 2.38. The maximum Gasteiger partial charge on any atom is 0.416 e. The van der Waals surface area contributed by atoms with Crippen LogP contribution >= 0.6 is 0 Å². The van der Waals surface area contributed by atoms with Crippen molar-refractivity contribution in [3.8, 4) is 0 Å². The van der Waals surface area contributed by atoms with Crippen molar-refractivity contribution in [1.29, 1.82) is 0 Å². The quantitative estimate of drug-likeness (QED) is 0.792. The minimum atomic E-state index is -4.45. The van der Waals surface area contributed by atoms with Crippen LogP contribution in [0.1, 0.15) is 17.5 Å². The summed E-state index contributed by atoms with van der Waals surface area (Å²) < 4.78 is 42.5. The minimum absolute atomic E-state index is 0.0208. The Kier molecular flexibility index (Phi) is 5.50. The Morgan fingerprint density at radius 3 is 2.48 bits per heavy atom. The van der Waals surface area contributed by atoms with Crippen LogP contribution in [0.3, 0.4) is 0 Å². The van der Waals surface area contributed by atoms with Gasteiger partial charge in [0.05, 0.1) is 12.1 Å². The highest BCUT2D eigenvalue weighted by Crippen LogP contribution is 2.29. The Hall–Kier alpha value is -2.78. The van der Waals surface area contributed by atoms with Crippen LogP contribution < -0.4 is 11.1 Å². The topological polar surface area (TPSA) is 102 Å². The molecule has 1 fully saturated rings. The van der Waals surface area contributed by atoms with E-state index in [-0.39, 0.29) is 26.1 Å². The average molecular weight is 359 g/mol. The molecule has 1 aliphatic rings.